The SMILES string of the molecule is O.O.O.O.O.O.O.O.O.O.O.O.[Cl-].[Cl-].[Cl-].[Cl-].[Cl-].[Cl-].[Sc+3].[Sc+3]. The van der Waals surface area contributed by atoms with Crippen molar-refractivity contribution in [2.24, 2.45) is 0 Å². The van der Waals surface area contributed by atoms with Gasteiger partial charge in [0.25, 0.3) is 0 Å². The summed E-state index contributed by atoms with van der Waals surface area (Å²) in [7, 11) is 0. The Bertz CT molecular complexity index is 25.9. The molecule has 0 aromatic rings. The first-order valence-electron chi connectivity index (χ1n) is 0. The Hall–Kier alpha value is 3.00. The van der Waals surface area contributed by atoms with Crippen LogP contribution in [0.1, 0.15) is 0 Å². The molecule has 24 N–H and O–H groups in total. The molecule has 20 heteroatoms. The second-order valence-electron chi connectivity index (χ2n) is 0. The monoisotopic (exact) mass is 516 g/mol. The summed E-state index contributed by atoms with van der Waals surface area (Å²) in [4.78, 5) is 0. The predicted molar refractivity (Wildman–Crippen MR) is 43.4 cm³/mol. The molecule has 0 aliphatic rings. The quantitative estimate of drug-likeness (QED) is 0.288. The number of halogens is 6. The van der Waals surface area contributed by atoms with Gasteiger partial charge in [0.15, 0.2) is 0 Å². The first-order chi connectivity index (χ1) is 0. The second kappa shape index (κ2) is 1080. The molecular weight excluding hydrogens is 495 g/mol. The Balaban J connectivity index is 0. The Labute approximate surface area is 190 Å². The molecular formula is H24Cl6O12Sc2. The molecule has 0 aliphatic carbocycles. The minimum absolute atomic E-state index is 0. The van der Waals surface area contributed by atoms with Gasteiger partial charge in [0, 0.05) is 0 Å². The van der Waals surface area contributed by atoms with Crippen molar-refractivity contribution in [3.05, 3.63) is 0 Å². The summed E-state index contributed by atoms with van der Waals surface area (Å²) in [6.07, 6.45) is 0. The van der Waals surface area contributed by atoms with E-state index in [1.807, 2.05) is 0 Å². The fourth-order valence-electron chi connectivity index (χ4n) is 0. The van der Waals surface area contributed by atoms with Crippen LogP contribution in [-0.2, 0) is 51.7 Å². The third-order valence-corrected chi connectivity index (χ3v) is 0. The molecule has 0 atom stereocenters. The molecule has 0 saturated heterocycles. The van der Waals surface area contributed by atoms with Crippen molar-refractivity contribution in [2.45, 2.75) is 0 Å². The molecule has 12 nitrogen and oxygen atoms in total. The second-order valence-corrected chi connectivity index (χ2v) is 0. The molecule has 0 fully saturated rings. The Morgan fingerprint density at radius 1 is 0.150 bits per heavy atom. The van der Waals surface area contributed by atoms with Crippen LogP contribution in [0.2, 0.25) is 0 Å². The van der Waals surface area contributed by atoms with Crippen LogP contribution in [0, 0.1) is 0 Å². The van der Waals surface area contributed by atoms with E-state index in [1.165, 1.54) is 0 Å². The molecule has 0 aromatic heterocycles. The maximum Gasteiger partial charge on any atom is 3.00 e. The molecule has 0 heterocycles. The van der Waals surface area contributed by atoms with Crippen LogP contribution < -0.4 is 74.4 Å². The van der Waals surface area contributed by atoms with Crippen molar-refractivity contribution in [3.63, 3.8) is 0 Å². The van der Waals surface area contributed by atoms with Crippen LogP contribution >= 0.6 is 0 Å². The fourth-order valence-corrected chi connectivity index (χ4v) is 0. The molecule has 0 bridgehead atoms. The molecule has 0 radical (unpaired) electrons. The van der Waals surface area contributed by atoms with Crippen molar-refractivity contribution in [1.82, 2.24) is 0 Å². The summed E-state index contributed by atoms with van der Waals surface area (Å²) in [5.74, 6) is 0. The van der Waals surface area contributed by atoms with Gasteiger partial charge in [0.05, 0.1) is 0 Å². The average molecular weight is 519 g/mol. The summed E-state index contributed by atoms with van der Waals surface area (Å²) in [5, 5.41) is 0. The number of hydrogen-bond donors (Lipinski definition) is 0. The van der Waals surface area contributed by atoms with Gasteiger partial charge in [-0.3, -0.25) is 0 Å². The zero-order valence-corrected chi connectivity index (χ0v) is 17.6. The van der Waals surface area contributed by atoms with Crippen molar-refractivity contribution in [2.75, 3.05) is 0 Å². The van der Waals surface area contributed by atoms with E-state index < -0.39 is 0 Å². The molecule has 144 valence electrons. The molecule has 0 amide bonds. The van der Waals surface area contributed by atoms with E-state index in [0.29, 0.717) is 0 Å². The molecule has 0 aliphatic heterocycles. The van der Waals surface area contributed by atoms with Gasteiger partial charge < -0.3 is 140 Å². The van der Waals surface area contributed by atoms with Crippen LogP contribution in [0.25, 0.3) is 0 Å². The Morgan fingerprint density at radius 3 is 0.150 bits per heavy atom. The summed E-state index contributed by atoms with van der Waals surface area (Å²) < 4.78 is 0. The maximum atomic E-state index is 0. The first-order valence-corrected chi connectivity index (χ1v) is 0. The summed E-state index contributed by atoms with van der Waals surface area (Å²) in [6.45, 7) is 0. The van der Waals surface area contributed by atoms with Crippen LogP contribution in [0.3, 0.4) is 0 Å². The Kier molecular flexibility index (Phi) is 66600. The van der Waals surface area contributed by atoms with E-state index in [2.05, 4.69) is 0 Å². The number of rotatable bonds is 0. The van der Waals surface area contributed by atoms with E-state index in [-0.39, 0.29) is 192 Å². The first kappa shape index (κ1) is 1240. The van der Waals surface area contributed by atoms with Gasteiger partial charge in [-0.25, -0.2) is 0 Å². The maximum absolute atomic E-state index is 0. The van der Waals surface area contributed by atoms with Gasteiger partial charge in [-0.05, 0) is 0 Å². The van der Waals surface area contributed by atoms with Gasteiger partial charge in [0.2, 0.25) is 0 Å². The van der Waals surface area contributed by atoms with E-state index in [1.54, 1.807) is 0 Å². The van der Waals surface area contributed by atoms with Crippen LogP contribution in [-0.4, -0.2) is 65.7 Å². The minimum Gasteiger partial charge on any atom is -1.00 e. The van der Waals surface area contributed by atoms with Crippen molar-refractivity contribution in [3.8, 4) is 0 Å². The fraction of sp³-hybridized carbons (Fsp3) is 0. The predicted octanol–water partition coefficient (Wildman–Crippen LogP) is -27.9. The van der Waals surface area contributed by atoms with Gasteiger partial charge in [-0.15, -0.1) is 0 Å². The minimum atomic E-state index is 0. The van der Waals surface area contributed by atoms with Gasteiger partial charge in [0.1, 0.15) is 0 Å². The van der Waals surface area contributed by atoms with Crippen molar-refractivity contribution >= 4 is 0 Å². The van der Waals surface area contributed by atoms with Crippen LogP contribution in [0.4, 0.5) is 0 Å². The third-order valence-electron chi connectivity index (χ3n) is 0. The third kappa shape index (κ3) is 933. The van der Waals surface area contributed by atoms with E-state index in [4.69, 9.17) is 0 Å². The smallest absolute Gasteiger partial charge is 1.00 e. The van der Waals surface area contributed by atoms with Gasteiger partial charge in [-0.1, -0.05) is 0 Å². The largest absolute Gasteiger partial charge is 3.00 e. The van der Waals surface area contributed by atoms with E-state index in [0.717, 1.165) is 0 Å². The molecule has 0 unspecified atom stereocenters. The summed E-state index contributed by atoms with van der Waals surface area (Å²) in [6, 6.07) is 0. The van der Waals surface area contributed by atoms with Crippen molar-refractivity contribution < 1.29 is 192 Å². The molecule has 20 heavy (non-hydrogen) atoms. The zero-order valence-electron chi connectivity index (χ0n) is 9.42. The molecule has 0 spiro atoms. The molecule has 0 aromatic carbocycles. The normalized spacial score (nSPS) is 0. The van der Waals surface area contributed by atoms with Crippen LogP contribution in [0.15, 0.2) is 0 Å². The molecule has 0 rings (SSSR count). The topological polar surface area (TPSA) is 378 Å². The average Bonchev–Trinajstić information content (AvgIpc) is 0. The Morgan fingerprint density at radius 2 is 0.150 bits per heavy atom. The van der Waals surface area contributed by atoms with Crippen molar-refractivity contribution in [1.29, 1.82) is 0 Å². The molecule has 0 saturated carbocycles. The zero-order chi connectivity index (χ0) is 0. The summed E-state index contributed by atoms with van der Waals surface area (Å²) in [5.41, 5.74) is 0. The van der Waals surface area contributed by atoms with Crippen LogP contribution in [0.5, 0.6) is 0 Å². The standard InChI is InChI=1S/6ClH.12H2O.2Sc/h6*1H;12*1H2;;/q;;;;;;;;;;;;;;;;;;2*+3/p-6. The summed E-state index contributed by atoms with van der Waals surface area (Å²) >= 11 is 0. The van der Waals surface area contributed by atoms with Gasteiger partial charge in [-0.2, -0.15) is 0 Å². The van der Waals surface area contributed by atoms with Gasteiger partial charge >= 0.3 is 51.7 Å². The van der Waals surface area contributed by atoms with E-state index in [9.17, 15) is 0 Å². The number of hydrogen-bond acceptors (Lipinski definition) is 0. The van der Waals surface area contributed by atoms with E-state index >= 15 is 0 Å².